The molecule has 3 nitrogen and oxygen atoms in total. The molecule has 1 N–H and O–H groups in total. The Morgan fingerprint density at radius 1 is 0.952 bits per heavy atom. The Labute approximate surface area is 125 Å². The van der Waals surface area contributed by atoms with E-state index in [0.29, 0.717) is 0 Å². The molecule has 1 aromatic heterocycles. The van der Waals surface area contributed by atoms with E-state index in [9.17, 15) is 0 Å². The maximum Gasteiger partial charge on any atom is 0.123 e. The van der Waals surface area contributed by atoms with Crippen molar-refractivity contribution in [2.45, 2.75) is 33.0 Å². The number of aryl methyl sites for hydroxylation is 1. The van der Waals surface area contributed by atoms with Gasteiger partial charge in [0.2, 0.25) is 0 Å². The SMILES string of the molecule is CCCn1c(CNCc2ccccc2)nc2ccccc21. The van der Waals surface area contributed by atoms with Crippen molar-refractivity contribution in [3.63, 3.8) is 0 Å². The second-order valence-electron chi connectivity index (χ2n) is 5.26. The summed E-state index contributed by atoms with van der Waals surface area (Å²) in [5, 5.41) is 3.49. The van der Waals surface area contributed by atoms with Gasteiger partial charge in [-0.1, -0.05) is 49.4 Å². The molecule has 3 rings (SSSR count). The molecule has 0 aliphatic rings. The van der Waals surface area contributed by atoms with Crippen molar-refractivity contribution in [2.24, 2.45) is 0 Å². The zero-order chi connectivity index (χ0) is 14.5. The first-order chi connectivity index (χ1) is 10.4. The topological polar surface area (TPSA) is 29.9 Å². The van der Waals surface area contributed by atoms with E-state index < -0.39 is 0 Å². The molecule has 3 heteroatoms. The van der Waals surface area contributed by atoms with E-state index >= 15 is 0 Å². The predicted molar refractivity (Wildman–Crippen MR) is 87.0 cm³/mol. The van der Waals surface area contributed by atoms with Gasteiger partial charge in [-0.3, -0.25) is 0 Å². The van der Waals surface area contributed by atoms with Gasteiger partial charge in [-0.2, -0.15) is 0 Å². The summed E-state index contributed by atoms with van der Waals surface area (Å²) < 4.78 is 2.33. The highest BCUT2D eigenvalue weighted by Gasteiger charge is 2.08. The molecule has 0 spiro atoms. The van der Waals surface area contributed by atoms with Gasteiger partial charge in [0.1, 0.15) is 5.82 Å². The number of fused-ring (bicyclic) bond motifs is 1. The Kier molecular flexibility index (Phi) is 4.31. The third-order valence-electron chi connectivity index (χ3n) is 3.64. The van der Waals surface area contributed by atoms with E-state index in [-0.39, 0.29) is 0 Å². The lowest BCUT2D eigenvalue weighted by atomic mass is 10.2. The van der Waals surface area contributed by atoms with Crippen molar-refractivity contribution in [1.29, 1.82) is 0 Å². The Hall–Kier alpha value is -2.13. The third-order valence-corrected chi connectivity index (χ3v) is 3.64. The minimum atomic E-state index is 0.795. The Morgan fingerprint density at radius 3 is 2.52 bits per heavy atom. The smallest absolute Gasteiger partial charge is 0.123 e. The van der Waals surface area contributed by atoms with Crippen molar-refractivity contribution in [2.75, 3.05) is 0 Å². The van der Waals surface area contributed by atoms with Crippen LogP contribution >= 0.6 is 0 Å². The monoisotopic (exact) mass is 279 g/mol. The van der Waals surface area contributed by atoms with Gasteiger partial charge in [0.05, 0.1) is 17.6 Å². The van der Waals surface area contributed by atoms with Gasteiger partial charge in [-0.05, 0) is 24.1 Å². The lowest BCUT2D eigenvalue weighted by Gasteiger charge is -2.09. The van der Waals surface area contributed by atoms with Crippen molar-refractivity contribution in [3.05, 3.63) is 66.0 Å². The van der Waals surface area contributed by atoms with Crippen LogP contribution in [0.1, 0.15) is 24.7 Å². The van der Waals surface area contributed by atoms with E-state index in [0.717, 1.165) is 37.4 Å². The lowest BCUT2D eigenvalue weighted by Crippen LogP contribution is -2.16. The number of benzene rings is 2. The van der Waals surface area contributed by atoms with E-state index in [1.54, 1.807) is 0 Å². The van der Waals surface area contributed by atoms with Crippen LogP contribution in [-0.2, 0) is 19.6 Å². The molecular weight excluding hydrogens is 258 g/mol. The minimum Gasteiger partial charge on any atom is -0.327 e. The largest absolute Gasteiger partial charge is 0.327 e. The Balaban J connectivity index is 1.75. The molecule has 2 aromatic carbocycles. The van der Waals surface area contributed by atoms with Gasteiger partial charge >= 0.3 is 0 Å². The van der Waals surface area contributed by atoms with Gasteiger partial charge in [-0.25, -0.2) is 4.98 Å². The van der Waals surface area contributed by atoms with Crippen LogP contribution in [0.5, 0.6) is 0 Å². The molecule has 0 aliphatic carbocycles. The normalized spacial score (nSPS) is 11.1. The molecule has 0 radical (unpaired) electrons. The van der Waals surface area contributed by atoms with Crippen LogP contribution in [0.4, 0.5) is 0 Å². The molecule has 0 fully saturated rings. The van der Waals surface area contributed by atoms with Crippen LogP contribution in [0.25, 0.3) is 11.0 Å². The molecule has 0 unspecified atom stereocenters. The minimum absolute atomic E-state index is 0.795. The van der Waals surface area contributed by atoms with Crippen LogP contribution in [0, 0.1) is 0 Å². The molecule has 0 saturated carbocycles. The number of imidazole rings is 1. The van der Waals surface area contributed by atoms with Crippen molar-refractivity contribution >= 4 is 11.0 Å². The van der Waals surface area contributed by atoms with Crippen molar-refractivity contribution < 1.29 is 0 Å². The number of para-hydroxylation sites is 2. The zero-order valence-electron chi connectivity index (χ0n) is 12.4. The maximum atomic E-state index is 4.76. The number of hydrogen-bond donors (Lipinski definition) is 1. The lowest BCUT2D eigenvalue weighted by molar-refractivity contribution is 0.598. The molecular formula is C18H21N3. The average molecular weight is 279 g/mol. The zero-order valence-corrected chi connectivity index (χ0v) is 12.4. The van der Waals surface area contributed by atoms with Gasteiger partial charge in [-0.15, -0.1) is 0 Å². The highest BCUT2D eigenvalue weighted by atomic mass is 15.1. The molecule has 0 bridgehead atoms. The summed E-state index contributed by atoms with van der Waals surface area (Å²) in [5.41, 5.74) is 3.62. The van der Waals surface area contributed by atoms with Crippen LogP contribution in [0.2, 0.25) is 0 Å². The highest BCUT2D eigenvalue weighted by Crippen LogP contribution is 2.16. The molecule has 21 heavy (non-hydrogen) atoms. The van der Waals surface area contributed by atoms with Crippen LogP contribution in [-0.4, -0.2) is 9.55 Å². The second kappa shape index (κ2) is 6.55. The summed E-state index contributed by atoms with van der Waals surface area (Å²) in [7, 11) is 0. The standard InChI is InChI=1S/C18H21N3/c1-2-12-21-17-11-7-6-10-16(17)20-18(21)14-19-13-15-8-4-3-5-9-15/h3-11,19H,2,12-14H2,1H3. The summed E-state index contributed by atoms with van der Waals surface area (Å²) in [6.45, 7) is 4.89. The third kappa shape index (κ3) is 3.14. The van der Waals surface area contributed by atoms with E-state index in [1.807, 2.05) is 12.1 Å². The molecule has 0 amide bonds. The Bertz CT molecular complexity index is 701. The molecule has 3 aromatic rings. The van der Waals surface area contributed by atoms with E-state index in [2.05, 4.69) is 59.3 Å². The first kappa shape index (κ1) is 13.8. The number of aromatic nitrogens is 2. The van der Waals surface area contributed by atoms with Crippen molar-refractivity contribution in [1.82, 2.24) is 14.9 Å². The molecule has 0 aliphatic heterocycles. The van der Waals surface area contributed by atoms with Gasteiger partial charge in [0.25, 0.3) is 0 Å². The molecule has 108 valence electrons. The molecule has 0 atom stereocenters. The quantitative estimate of drug-likeness (QED) is 0.745. The summed E-state index contributed by atoms with van der Waals surface area (Å²) in [5.74, 6) is 1.12. The average Bonchev–Trinajstić information content (AvgIpc) is 2.87. The number of hydrogen-bond acceptors (Lipinski definition) is 2. The number of nitrogens with one attached hydrogen (secondary N) is 1. The fraction of sp³-hybridized carbons (Fsp3) is 0.278. The first-order valence-electron chi connectivity index (χ1n) is 7.57. The summed E-state index contributed by atoms with van der Waals surface area (Å²) in [6.07, 6.45) is 1.12. The number of rotatable bonds is 6. The summed E-state index contributed by atoms with van der Waals surface area (Å²) in [4.78, 5) is 4.76. The Morgan fingerprint density at radius 2 is 1.71 bits per heavy atom. The van der Waals surface area contributed by atoms with E-state index in [1.165, 1.54) is 11.1 Å². The van der Waals surface area contributed by atoms with Gasteiger partial charge < -0.3 is 9.88 Å². The number of nitrogens with zero attached hydrogens (tertiary/aromatic N) is 2. The predicted octanol–water partition coefficient (Wildman–Crippen LogP) is 3.74. The fourth-order valence-electron chi connectivity index (χ4n) is 2.65. The summed E-state index contributed by atoms with van der Waals surface area (Å²) >= 11 is 0. The van der Waals surface area contributed by atoms with Crippen LogP contribution in [0.15, 0.2) is 54.6 Å². The molecule has 0 saturated heterocycles. The fourth-order valence-corrected chi connectivity index (χ4v) is 2.65. The van der Waals surface area contributed by atoms with Crippen LogP contribution < -0.4 is 5.32 Å². The summed E-state index contributed by atoms with van der Waals surface area (Å²) in [6, 6.07) is 18.8. The molecule has 1 heterocycles. The maximum absolute atomic E-state index is 4.76. The van der Waals surface area contributed by atoms with Gasteiger partial charge in [0, 0.05) is 13.1 Å². The first-order valence-corrected chi connectivity index (χ1v) is 7.57. The van der Waals surface area contributed by atoms with Gasteiger partial charge in [0.15, 0.2) is 0 Å². The second-order valence-corrected chi connectivity index (χ2v) is 5.26. The van der Waals surface area contributed by atoms with Crippen LogP contribution in [0.3, 0.4) is 0 Å². The van der Waals surface area contributed by atoms with Crippen molar-refractivity contribution in [3.8, 4) is 0 Å². The van der Waals surface area contributed by atoms with E-state index in [4.69, 9.17) is 4.98 Å². The highest BCUT2D eigenvalue weighted by molar-refractivity contribution is 5.75.